The van der Waals surface area contributed by atoms with Crippen molar-refractivity contribution in [1.82, 2.24) is 14.7 Å². The Morgan fingerprint density at radius 2 is 1.77 bits per heavy atom. The van der Waals surface area contributed by atoms with Crippen molar-refractivity contribution in [3.63, 3.8) is 0 Å². The lowest BCUT2D eigenvalue weighted by atomic mass is 10.1. The lowest BCUT2D eigenvalue weighted by molar-refractivity contribution is 0.263. The van der Waals surface area contributed by atoms with Crippen molar-refractivity contribution >= 4 is 0 Å². The average molecular weight is 347 g/mol. The van der Waals surface area contributed by atoms with Crippen LogP contribution in [0.1, 0.15) is 18.4 Å². The second-order valence-corrected chi connectivity index (χ2v) is 6.99. The van der Waals surface area contributed by atoms with Gasteiger partial charge in [0.05, 0.1) is 12.1 Å². The fourth-order valence-electron chi connectivity index (χ4n) is 3.57. The van der Waals surface area contributed by atoms with Crippen LogP contribution in [-0.4, -0.2) is 34.3 Å². The third kappa shape index (κ3) is 3.81. The molecule has 1 atom stereocenters. The van der Waals surface area contributed by atoms with Crippen LogP contribution in [-0.2, 0) is 13.2 Å². The van der Waals surface area contributed by atoms with Crippen LogP contribution in [0.15, 0.2) is 66.9 Å². The molecular weight excluding hydrogens is 322 g/mol. The smallest absolute Gasteiger partial charge is 0.241 e. The van der Waals surface area contributed by atoms with Gasteiger partial charge in [0, 0.05) is 12.2 Å². The van der Waals surface area contributed by atoms with Gasteiger partial charge in [0.2, 0.25) is 5.88 Å². The highest BCUT2D eigenvalue weighted by atomic mass is 16.5. The molecule has 1 saturated heterocycles. The number of hydrogen-bond donors (Lipinski definition) is 0. The van der Waals surface area contributed by atoms with E-state index in [1.165, 1.54) is 19.4 Å². The number of ether oxygens (including phenoxy) is 1. The third-order valence-corrected chi connectivity index (χ3v) is 5.10. The molecule has 4 nitrogen and oxygen atoms in total. The number of likely N-dealkylation sites (tertiary alicyclic amines) is 1. The molecule has 0 radical (unpaired) electrons. The number of likely N-dealkylation sites (N-methyl/N-ethyl adjacent to an activating group) is 1. The number of rotatable bonds is 6. The SMILES string of the molecule is CN1CCC[C@H]1Cn1cc(-c2ccccc2)c(OCc2ccccc2)n1. The second kappa shape index (κ2) is 7.75. The van der Waals surface area contributed by atoms with Gasteiger partial charge < -0.3 is 9.64 Å². The Balaban J connectivity index is 1.58. The van der Waals surface area contributed by atoms with Crippen molar-refractivity contribution in [2.45, 2.75) is 32.0 Å². The zero-order valence-corrected chi connectivity index (χ0v) is 15.2. The summed E-state index contributed by atoms with van der Waals surface area (Å²) in [4.78, 5) is 2.42. The summed E-state index contributed by atoms with van der Waals surface area (Å²) in [5, 5.41) is 4.77. The van der Waals surface area contributed by atoms with E-state index in [1.807, 2.05) is 24.3 Å². The Kier molecular flexibility index (Phi) is 5.02. The summed E-state index contributed by atoms with van der Waals surface area (Å²) in [5.74, 6) is 0.709. The minimum absolute atomic E-state index is 0.529. The van der Waals surface area contributed by atoms with Gasteiger partial charge in [0.15, 0.2) is 0 Å². The monoisotopic (exact) mass is 347 g/mol. The summed E-state index contributed by atoms with van der Waals surface area (Å²) >= 11 is 0. The minimum Gasteiger partial charge on any atom is -0.471 e. The molecule has 4 rings (SSSR count). The first kappa shape index (κ1) is 16.9. The molecule has 4 heteroatoms. The van der Waals surface area contributed by atoms with E-state index in [4.69, 9.17) is 9.84 Å². The van der Waals surface area contributed by atoms with Crippen LogP contribution < -0.4 is 4.74 Å². The molecule has 3 aromatic rings. The molecule has 1 fully saturated rings. The summed E-state index contributed by atoms with van der Waals surface area (Å²) < 4.78 is 8.15. The van der Waals surface area contributed by atoms with Crippen LogP contribution in [0.3, 0.4) is 0 Å². The van der Waals surface area contributed by atoms with Crippen LogP contribution in [0.25, 0.3) is 11.1 Å². The quantitative estimate of drug-likeness (QED) is 0.669. The van der Waals surface area contributed by atoms with Gasteiger partial charge in [-0.05, 0) is 37.6 Å². The van der Waals surface area contributed by atoms with Crippen LogP contribution in [0.2, 0.25) is 0 Å². The van der Waals surface area contributed by atoms with E-state index in [0.717, 1.165) is 23.2 Å². The molecule has 2 heterocycles. The van der Waals surface area contributed by atoms with E-state index in [1.54, 1.807) is 0 Å². The molecule has 0 N–H and O–H groups in total. The predicted octanol–water partition coefficient (Wildman–Crippen LogP) is 4.22. The number of hydrogen-bond acceptors (Lipinski definition) is 3. The maximum atomic E-state index is 6.10. The Morgan fingerprint density at radius 3 is 2.46 bits per heavy atom. The van der Waals surface area contributed by atoms with E-state index < -0.39 is 0 Å². The van der Waals surface area contributed by atoms with Crippen LogP contribution in [0.5, 0.6) is 5.88 Å². The highest BCUT2D eigenvalue weighted by molar-refractivity contribution is 5.67. The molecule has 1 aromatic heterocycles. The number of aromatic nitrogens is 2. The first-order valence-electron chi connectivity index (χ1n) is 9.29. The fourth-order valence-corrected chi connectivity index (χ4v) is 3.57. The predicted molar refractivity (Wildman–Crippen MR) is 104 cm³/mol. The number of benzene rings is 2. The molecule has 134 valence electrons. The van der Waals surface area contributed by atoms with Crippen LogP contribution in [0, 0.1) is 0 Å². The van der Waals surface area contributed by atoms with E-state index in [-0.39, 0.29) is 0 Å². The Labute approximate surface area is 155 Å². The lowest BCUT2D eigenvalue weighted by Gasteiger charge is -2.18. The van der Waals surface area contributed by atoms with E-state index >= 15 is 0 Å². The Bertz CT molecular complexity index is 829. The van der Waals surface area contributed by atoms with Gasteiger partial charge in [-0.3, -0.25) is 4.68 Å². The first-order valence-corrected chi connectivity index (χ1v) is 9.29. The van der Waals surface area contributed by atoms with Crippen LogP contribution in [0.4, 0.5) is 0 Å². The topological polar surface area (TPSA) is 30.3 Å². The van der Waals surface area contributed by atoms with Crippen molar-refractivity contribution in [2.24, 2.45) is 0 Å². The molecule has 1 aliphatic rings. The van der Waals surface area contributed by atoms with Gasteiger partial charge in [0.25, 0.3) is 0 Å². The normalized spacial score (nSPS) is 17.5. The minimum atomic E-state index is 0.529. The van der Waals surface area contributed by atoms with Crippen LogP contribution >= 0.6 is 0 Å². The molecule has 1 aliphatic heterocycles. The molecule has 0 aliphatic carbocycles. The Hall–Kier alpha value is -2.59. The highest BCUT2D eigenvalue weighted by Crippen LogP contribution is 2.30. The van der Waals surface area contributed by atoms with Crippen molar-refractivity contribution < 1.29 is 4.74 Å². The van der Waals surface area contributed by atoms with E-state index in [0.29, 0.717) is 18.5 Å². The maximum absolute atomic E-state index is 6.10. The van der Waals surface area contributed by atoms with Gasteiger partial charge in [-0.2, -0.15) is 0 Å². The highest BCUT2D eigenvalue weighted by Gasteiger charge is 2.22. The summed E-state index contributed by atoms with van der Waals surface area (Å²) in [6, 6.07) is 21.2. The molecule has 0 spiro atoms. The molecule has 26 heavy (non-hydrogen) atoms. The molecule has 0 bridgehead atoms. The van der Waals surface area contributed by atoms with Gasteiger partial charge in [-0.1, -0.05) is 60.7 Å². The molecule has 0 amide bonds. The largest absolute Gasteiger partial charge is 0.471 e. The molecular formula is C22H25N3O. The van der Waals surface area contributed by atoms with Crippen molar-refractivity contribution in [3.05, 3.63) is 72.4 Å². The van der Waals surface area contributed by atoms with Crippen molar-refractivity contribution in [3.8, 4) is 17.0 Å². The van der Waals surface area contributed by atoms with Gasteiger partial charge >= 0.3 is 0 Å². The second-order valence-electron chi connectivity index (χ2n) is 6.99. The van der Waals surface area contributed by atoms with Gasteiger partial charge in [-0.25, -0.2) is 0 Å². The first-order chi connectivity index (χ1) is 12.8. The molecule has 0 unspecified atom stereocenters. The van der Waals surface area contributed by atoms with Gasteiger partial charge in [-0.15, -0.1) is 5.10 Å². The maximum Gasteiger partial charge on any atom is 0.241 e. The molecule has 0 saturated carbocycles. The zero-order chi connectivity index (χ0) is 17.8. The number of nitrogens with zero attached hydrogens (tertiary/aromatic N) is 3. The fraction of sp³-hybridized carbons (Fsp3) is 0.318. The van der Waals surface area contributed by atoms with Crippen molar-refractivity contribution in [1.29, 1.82) is 0 Å². The summed E-state index contributed by atoms with van der Waals surface area (Å²) in [6.07, 6.45) is 4.63. The standard InChI is InChI=1S/C22H25N3O/c1-24-14-8-13-20(24)15-25-16-21(19-11-6-3-7-12-19)22(23-25)26-17-18-9-4-2-5-10-18/h2-7,9-12,16,20H,8,13-15,17H2,1H3/t20-/m0/s1. The Morgan fingerprint density at radius 1 is 1.04 bits per heavy atom. The third-order valence-electron chi connectivity index (χ3n) is 5.10. The molecule has 2 aromatic carbocycles. The lowest BCUT2D eigenvalue weighted by Crippen LogP contribution is -2.29. The zero-order valence-electron chi connectivity index (χ0n) is 15.2. The van der Waals surface area contributed by atoms with Crippen molar-refractivity contribution in [2.75, 3.05) is 13.6 Å². The average Bonchev–Trinajstić information content (AvgIpc) is 3.28. The van der Waals surface area contributed by atoms with Gasteiger partial charge in [0.1, 0.15) is 6.61 Å². The summed E-state index contributed by atoms with van der Waals surface area (Å²) in [7, 11) is 2.20. The van der Waals surface area contributed by atoms with E-state index in [9.17, 15) is 0 Å². The summed E-state index contributed by atoms with van der Waals surface area (Å²) in [5.41, 5.74) is 3.35. The summed E-state index contributed by atoms with van der Waals surface area (Å²) in [6.45, 7) is 2.61. The van der Waals surface area contributed by atoms with E-state index in [2.05, 4.69) is 59.2 Å².